The molecule has 2 saturated heterocycles. The molecular formula is C13H26N2O. The van der Waals surface area contributed by atoms with Crippen LogP contribution in [0.15, 0.2) is 0 Å². The van der Waals surface area contributed by atoms with Crippen molar-refractivity contribution < 1.29 is 4.74 Å². The van der Waals surface area contributed by atoms with Crippen LogP contribution in [0.1, 0.15) is 33.1 Å². The molecule has 0 aromatic carbocycles. The molecule has 0 aliphatic carbocycles. The van der Waals surface area contributed by atoms with E-state index >= 15 is 0 Å². The lowest BCUT2D eigenvalue weighted by molar-refractivity contribution is 0.00871. The van der Waals surface area contributed by atoms with Crippen LogP contribution in [0.2, 0.25) is 0 Å². The molecule has 0 aromatic rings. The van der Waals surface area contributed by atoms with Gasteiger partial charge in [-0.15, -0.1) is 0 Å². The summed E-state index contributed by atoms with van der Waals surface area (Å²) in [5.74, 6) is 0.902. The summed E-state index contributed by atoms with van der Waals surface area (Å²) in [5, 5.41) is 3.65. The lowest BCUT2D eigenvalue weighted by Gasteiger charge is -2.26. The van der Waals surface area contributed by atoms with E-state index in [4.69, 9.17) is 4.74 Å². The summed E-state index contributed by atoms with van der Waals surface area (Å²) in [6, 6.07) is 0.763. The van der Waals surface area contributed by atoms with Crippen molar-refractivity contribution in [1.82, 2.24) is 10.2 Å². The van der Waals surface area contributed by atoms with Crippen LogP contribution in [-0.2, 0) is 4.74 Å². The number of hydrogen-bond donors (Lipinski definition) is 1. The monoisotopic (exact) mass is 226 g/mol. The van der Waals surface area contributed by atoms with Crippen LogP contribution in [0.3, 0.4) is 0 Å². The van der Waals surface area contributed by atoms with E-state index in [0.717, 1.165) is 18.4 Å². The summed E-state index contributed by atoms with van der Waals surface area (Å²) < 4.78 is 5.47. The van der Waals surface area contributed by atoms with Crippen molar-refractivity contribution in [1.29, 1.82) is 0 Å². The van der Waals surface area contributed by atoms with Crippen molar-refractivity contribution in [2.45, 2.75) is 44.8 Å². The third-order valence-electron chi connectivity index (χ3n) is 4.26. The molecule has 0 amide bonds. The Hall–Kier alpha value is -0.120. The molecule has 2 heterocycles. The highest BCUT2D eigenvalue weighted by Crippen LogP contribution is 2.25. The van der Waals surface area contributed by atoms with Gasteiger partial charge in [0.2, 0.25) is 0 Å². The zero-order chi connectivity index (χ0) is 11.6. The topological polar surface area (TPSA) is 24.5 Å². The minimum atomic E-state index is 0.0290. The maximum absolute atomic E-state index is 5.47. The Morgan fingerprint density at radius 2 is 2.19 bits per heavy atom. The molecule has 16 heavy (non-hydrogen) atoms. The second-order valence-corrected chi connectivity index (χ2v) is 5.94. The number of rotatable bonds is 4. The fourth-order valence-electron chi connectivity index (χ4n) is 2.85. The molecule has 94 valence electrons. The number of nitrogens with zero attached hydrogens (tertiary/aromatic N) is 1. The van der Waals surface area contributed by atoms with E-state index < -0.39 is 0 Å². The van der Waals surface area contributed by atoms with Gasteiger partial charge in [-0.2, -0.15) is 0 Å². The number of piperidine rings is 1. The quantitative estimate of drug-likeness (QED) is 0.786. The van der Waals surface area contributed by atoms with Crippen LogP contribution in [0.4, 0.5) is 0 Å². The highest BCUT2D eigenvalue weighted by atomic mass is 16.5. The number of nitrogens with one attached hydrogen (secondary N) is 1. The van der Waals surface area contributed by atoms with Gasteiger partial charge in [0.25, 0.3) is 0 Å². The van der Waals surface area contributed by atoms with Gasteiger partial charge >= 0.3 is 0 Å². The van der Waals surface area contributed by atoms with E-state index in [2.05, 4.69) is 24.1 Å². The predicted molar refractivity (Wildman–Crippen MR) is 66.7 cm³/mol. The molecule has 0 bridgehead atoms. The maximum atomic E-state index is 5.47. The lowest BCUT2D eigenvalue weighted by atomic mass is 9.94. The van der Waals surface area contributed by atoms with Gasteiger partial charge in [0, 0.05) is 32.8 Å². The molecule has 2 aliphatic heterocycles. The fourth-order valence-corrected chi connectivity index (χ4v) is 2.85. The molecule has 2 atom stereocenters. The average Bonchev–Trinajstić information content (AvgIpc) is 2.69. The van der Waals surface area contributed by atoms with Gasteiger partial charge in [-0.25, -0.2) is 0 Å². The molecule has 2 rings (SSSR count). The lowest BCUT2D eigenvalue weighted by Crippen LogP contribution is -2.40. The average molecular weight is 226 g/mol. The normalized spacial score (nSPS) is 31.7. The molecule has 0 saturated carbocycles. The van der Waals surface area contributed by atoms with Crippen LogP contribution in [-0.4, -0.2) is 49.8 Å². The first-order valence-electron chi connectivity index (χ1n) is 6.61. The molecular weight excluding hydrogens is 200 g/mol. The molecule has 0 unspecified atom stereocenters. The Balaban J connectivity index is 1.76. The van der Waals surface area contributed by atoms with Crippen LogP contribution in [0, 0.1) is 5.92 Å². The Morgan fingerprint density at radius 3 is 2.88 bits per heavy atom. The van der Waals surface area contributed by atoms with Crippen LogP contribution < -0.4 is 5.32 Å². The van der Waals surface area contributed by atoms with Gasteiger partial charge in [0.05, 0.1) is 5.60 Å². The second kappa shape index (κ2) is 5.03. The molecule has 3 nitrogen and oxygen atoms in total. The minimum Gasteiger partial charge on any atom is -0.379 e. The fraction of sp³-hybridized carbons (Fsp3) is 1.00. The summed E-state index contributed by atoms with van der Waals surface area (Å²) in [5.41, 5.74) is 0.0290. The summed E-state index contributed by atoms with van der Waals surface area (Å²) in [6.45, 7) is 9.28. The van der Waals surface area contributed by atoms with Crippen LogP contribution in [0.25, 0.3) is 0 Å². The van der Waals surface area contributed by atoms with Gasteiger partial charge in [-0.1, -0.05) is 0 Å². The van der Waals surface area contributed by atoms with Gasteiger partial charge < -0.3 is 15.0 Å². The van der Waals surface area contributed by atoms with E-state index in [0.29, 0.717) is 0 Å². The number of likely N-dealkylation sites (tertiary alicyclic amines) is 1. The molecule has 1 N–H and O–H groups in total. The third-order valence-corrected chi connectivity index (χ3v) is 4.26. The zero-order valence-electron chi connectivity index (χ0n) is 11.0. The first-order chi connectivity index (χ1) is 7.61. The number of hydrogen-bond acceptors (Lipinski definition) is 3. The second-order valence-electron chi connectivity index (χ2n) is 5.94. The van der Waals surface area contributed by atoms with E-state index in [1.807, 2.05) is 7.11 Å². The van der Waals surface area contributed by atoms with Gasteiger partial charge in [-0.05, 0) is 45.6 Å². The standard InChI is InChI=1S/C13H26N2O/c1-13(2,16-3)6-8-15-9-11-5-4-7-14-12(11)10-15/h11-12,14H,4-10H2,1-3H3/t11-,12+/m0/s1. The Kier molecular flexibility index (Phi) is 3.88. The molecule has 0 spiro atoms. The number of methoxy groups -OCH3 is 1. The third kappa shape index (κ3) is 2.96. The summed E-state index contributed by atoms with van der Waals surface area (Å²) in [6.07, 6.45) is 3.91. The van der Waals surface area contributed by atoms with Crippen LogP contribution in [0.5, 0.6) is 0 Å². The van der Waals surface area contributed by atoms with Gasteiger partial charge in [0.15, 0.2) is 0 Å². The van der Waals surface area contributed by atoms with Crippen LogP contribution >= 0.6 is 0 Å². The molecule has 3 heteroatoms. The van der Waals surface area contributed by atoms with E-state index in [-0.39, 0.29) is 5.60 Å². The minimum absolute atomic E-state index is 0.0290. The first kappa shape index (κ1) is 12.3. The van der Waals surface area contributed by atoms with Crippen molar-refractivity contribution in [3.05, 3.63) is 0 Å². The Labute approximate surface area is 99.5 Å². The molecule has 2 fully saturated rings. The SMILES string of the molecule is COC(C)(C)CCN1C[C@@H]2CCCN[C@@H]2C1. The number of fused-ring (bicyclic) bond motifs is 1. The molecule has 2 aliphatic rings. The van der Waals surface area contributed by atoms with Crippen molar-refractivity contribution >= 4 is 0 Å². The van der Waals surface area contributed by atoms with Gasteiger partial charge in [0.1, 0.15) is 0 Å². The maximum Gasteiger partial charge on any atom is 0.0634 e. The first-order valence-corrected chi connectivity index (χ1v) is 6.61. The summed E-state index contributed by atoms with van der Waals surface area (Å²) in [4.78, 5) is 2.61. The number of ether oxygens (including phenoxy) is 1. The van der Waals surface area contributed by atoms with E-state index in [9.17, 15) is 0 Å². The van der Waals surface area contributed by atoms with Crippen molar-refractivity contribution in [3.63, 3.8) is 0 Å². The molecule has 0 aromatic heterocycles. The van der Waals surface area contributed by atoms with Crippen molar-refractivity contribution in [2.75, 3.05) is 33.3 Å². The van der Waals surface area contributed by atoms with Crippen molar-refractivity contribution in [2.24, 2.45) is 5.92 Å². The predicted octanol–water partition coefficient (Wildman–Crippen LogP) is 1.49. The Morgan fingerprint density at radius 1 is 1.38 bits per heavy atom. The zero-order valence-corrected chi connectivity index (χ0v) is 11.0. The van der Waals surface area contributed by atoms with E-state index in [1.54, 1.807) is 0 Å². The highest BCUT2D eigenvalue weighted by Gasteiger charge is 2.34. The molecule has 0 radical (unpaired) electrons. The largest absolute Gasteiger partial charge is 0.379 e. The smallest absolute Gasteiger partial charge is 0.0634 e. The summed E-state index contributed by atoms with van der Waals surface area (Å²) in [7, 11) is 1.81. The highest BCUT2D eigenvalue weighted by molar-refractivity contribution is 4.92. The van der Waals surface area contributed by atoms with E-state index in [1.165, 1.54) is 39.0 Å². The van der Waals surface area contributed by atoms with Crippen molar-refractivity contribution in [3.8, 4) is 0 Å². The van der Waals surface area contributed by atoms with Gasteiger partial charge in [-0.3, -0.25) is 0 Å². The Bertz CT molecular complexity index is 216. The summed E-state index contributed by atoms with van der Waals surface area (Å²) >= 11 is 0.